The van der Waals surface area contributed by atoms with Gasteiger partial charge in [-0.05, 0) is 36.8 Å². The van der Waals surface area contributed by atoms with Crippen molar-refractivity contribution in [3.63, 3.8) is 0 Å². The molecule has 0 aliphatic heterocycles. The topological polar surface area (TPSA) is 17.1 Å². The standard InChI is InChI=1S/C18H12F2OS/c1-11-2-4-12(5-3-11)16-8-9-17(22-16)18(21)14-7-6-13(19)10-15(14)20/h2-10H,1H3. The van der Waals surface area contributed by atoms with Gasteiger partial charge in [0.25, 0.3) is 0 Å². The van der Waals surface area contributed by atoms with Crippen LogP contribution >= 0.6 is 11.3 Å². The summed E-state index contributed by atoms with van der Waals surface area (Å²) < 4.78 is 26.6. The van der Waals surface area contributed by atoms with Crippen LogP contribution in [-0.4, -0.2) is 5.78 Å². The summed E-state index contributed by atoms with van der Waals surface area (Å²) in [6.45, 7) is 2.00. The molecule has 3 aromatic rings. The lowest BCUT2D eigenvalue weighted by Gasteiger charge is -2.01. The van der Waals surface area contributed by atoms with Crippen molar-refractivity contribution in [2.45, 2.75) is 6.92 Å². The second-order valence-electron chi connectivity index (χ2n) is 4.98. The number of carbonyl (C=O) groups is 1. The highest BCUT2D eigenvalue weighted by Gasteiger charge is 2.17. The van der Waals surface area contributed by atoms with Crippen molar-refractivity contribution in [3.05, 3.63) is 82.2 Å². The Hall–Kier alpha value is -2.33. The second kappa shape index (κ2) is 5.81. The Morgan fingerprint density at radius 2 is 1.68 bits per heavy atom. The highest BCUT2D eigenvalue weighted by Crippen LogP contribution is 2.30. The van der Waals surface area contributed by atoms with E-state index in [0.717, 1.165) is 28.1 Å². The van der Waals surface area contributed by atoms with Gasteiger partial charge in [0.05, 0.1) is 10.4 Å². The minimum absolute atomic E-state index is 0.112. The summed E-state index contributed by atoms with van der Waals surface area (Å²) in [5, 5.41) is 0. The number of rotatable bonds is 3. The van der Waals surface area contributed by atoms with Gasteiger partial charge in [-0.1, -0.05) is 29.8 Å². The van der Waals surface area contributed by atoms with Gasteiger partial charge in [-0.25, -0.2) is 8.78 Å². The van der Waals surface area contributed by atoms with Crippen molar-refractivity contribution in [2.24, 2.45) is 0 Å². The van der Waals surface area contributed by atoms with E-state index in [4.69, 9.17) is 0 Å². The fourth-order valence-electron chi connectivity index (χ4n) is 2.14. The molecule has 0 aliphatic rings. The molecule has 3 rings (SSSR count). The monoisotopic (exact) mass is 314 g/mol. The van der Waals surface area contributed by atoms with E-state index in [-0.39, 0.29) is 5.56 Å². The summed E-state index contributed by atoms with van der Waals surface area (Å²) in [6, 6.07) is 14.5. The van der Waals surface area contributed by atoms with Crippen LogP contribution in [0.1, 0.15) is 20.8 Å². The van der Waals surface area contributed by atoms with Gasteiger partial charge in [0.1, 0.15) is 11.6 Å². The van der Waals surface area contributed by atoms with Gasteiger partial charge >= 0.3 is 0 Å². The van der Waals surface area contributed by atoms with Gasteiger partial charge in [-0.2, -0.15) is 0 Å². The lowest BCUT2D eigenvalue weighted by Crippen LogP contribution is -2.02. The van der Waals surface area contributed by atoms with Crippen molar-refractivity contribution < 1.29 is 13.6 Å². The van der Waals surface area contributed by atoms with Gasteiger partial charge in [0, 0.05) is 10.9 Å². The third-order valence-electron chi connectivity index (χ3n) is 3.34. The van der Waals surface area contributed by atoms with Gasteiger partial charge in [0.2, 0.25) is 5.78 Å². The quantitative estimate of drug-likeness (QED) is 0.605. The zero-order chi connectivity index (χ0) is 15.7. The van der Waals surface area contributed by atoms with Crippen LogP contribution < -0.4 is 0 Å². The molecule has 4 heteroatoms. The minimum Gasteiger partial charge on any atom is -0.288 e. The number of thiophene rings is 1. The lowest BCUT2D eigenvalue weighted by atomic mass is 10.1. The molecule has 0 fully saturated rings. The van der Waals surface area contributed by atoms with Crippen molar-refractivity contribution in [1.82, 2.24) is 0 Å². The first kappa shape index (κ1) is 14.6. The molecular formula is C18H12F2OS. The largest absolute Gasteiger partial charge is 0.288 e. The van der Waals surface area contributed by atoms with Crippen LogP contribution in [0.5, 0.6) is 0 Å². The van der Waals surface area contributed by atoms with Crippen LogP contribution in [0.25, 0.3) is 10.4 Å². The number of carbonyl (C=O) groups excluding carboxylic acids is 1. The Morgan fingerprint density at radius 1 is 0.955 bits per heavy atom. The van der Waals surface area contributed by atoms with Crippen LogP contribution in [0, 0.1) is 18.6 Å². The Morgan fingerprint density at radius 3 is 2.36 bits per heavy atom. The van der Waals surface area contributed by atoms with E-state index < -0.39 is 17.4 Å². The molecule has 0 bridgehead atoms. The summed E-state index contributed by atoms with van der Waals surface area (Å²) >= 11 is 1.30. The minimum atomic E-state index is -0.838. The van der Waals surface area contributed by atoms with Crippen LogP contribution in [0.4, 0.5) is 8.78 Å². The Labute approximate surface area is 130 Å². The Bertz CT molecular complexity index is 835. The highest BCUT2D eigenvalue weighted by molar-refractivity contribution is 7.17. The molecule has 1 nitrogen and oxygen atoms in total. The summed E-state index contributed by atoms with van der Waals surface area (Å²) in [5.41, 5.74) is 2.05. The number of benzene rings is 2. The van der Waals surface area contributed by atoms with E-state index in [2.05, 4.69) is 0 Å². The number of hydrogen-bond donors (Lipinski definition) is 0. The first-order valence-corrected chi connectivity index (χ1v) is 7.53. The average Bonchev–Trinajstić information content (AvgIpc) is 2.97. The van der Waals surface area contributed by atoms with E-state index in [0.29, 0.717) is 4.88 Å². The summed E-state index contributed by atoms with van der Waals surface area (Å²) in [5.74, 6) is -1.96. The number of aryl methyl sites for hydroxylation is 1. The summed E-state index contributed by atoms with van der Waals surface area (Å²) in [4.78, 5) is 13.7. The summed E-state index contributed by atoms with van der Waals surface area (Å²) in [6.07, 6.45) is 0. The van der Waals surface area contributed by atoms with Gasteiger partial charge in [0.15, 0.2) is 0 Å². The molecule has 0 aliphatic carbocycles. The van der Waals surface area contributed by atoms with Gasteiger partial charge in [-0.3, -0.25) is 4.79 Å². The molecule has 0 amide bonds. The first-order chi connectivity index (χ1) is 10.5. The maximum Gasteiger partial charge on any atom is 0.205 e. The van der Waals surface area contributed by atoms with Crippen LogP contribution in [0.15, 0.2) is 54.6 Å². The number of halogens is 2. The van der Waals surface area contributed by atoms with Crippen molar-refractivity contribution >= 4 is 17.1 Å². The fourth-order valence-corrected chi connectivity index (χ4v) is 3.10. The molecule has 0 spiro atoms. The van der Waals surface area contributed by atoms with E-state index in [1.54, 1.807) is 6.07 Å². The normalized spacial score (nSPS) is 10.7. The fraction of sp³-hybridized carbons (Fsp3) is 0.0556. The molecule has 22 heavy (non-hydrogen) atoms. The predicted molar refractivity (Wildman–Crippen MR) is 84.3 cm³/mol. The molecule has 0 radical (unpaired) electrons. The van der Waals surface area contributed by atoms with Crippen molar-refractivity contribution in [1.29, 1.82) is 0 Å². The van der Waals surface area contributed by atoms with E-state index in [1.807, 2.05) is 37.3 Å². The van der Waals surface area contributed by atoms with Crippen LogP contribution in [-0.2, 0) is 0 Å². The molecule has 0 N–H and O–H groups in total. The molecule has 1 aromatic heterocycles. The zero-order valence-electron chi connectivity index (χ0n) is 11.8. The molecule has 0 saturated carbocycles. The number of hydrogen-bond acceptors (Lipinski definition) is 2. The average molecular weight is 314 g/mol. The highest BCUT2D eigenvalue weighted by atomic mass is 32.1. The SMILES string of the molecule is Cc1ccc(-c2ccc(C(=O)c3ccc(F)cc3F)s2)cc1. The van der Waals surface area contributed by atoms with E-state index >= 15 is 0 Å². The van der Waals surface area contributed by atoms with Gasteiger partial charge < -0.3 is 0 Å². The Kier molecular flexibility index (Phi) is 3.86. The Balaban J connectivity index is 1.93. The van der Waals surface area contributed by atoms with Crippen molar-refractivity contribution in [2.75, 3.05) is 0 Å². The van der Waals surface area contributed by atoms with Crippen molar-refractivity contribution in [3.8, 4) is 10.4 Å². The zero-order valence-corrected chi connectivity index (χ0v) is 12.6. The first-order valence-electron chi connectivity index (χ1n) is 6.71. The number of ketones is 1. The molecule has 0 atom stereocenters. The molecule has 110 valence electrons. The van der Waals surface area contributed by atoms with E-state index in [9.17, 15) is 13.6 Å². The second-order valence-corrected chi connectivity index (χ2v) is 6.07. The third-order valence-corrected chi connectivity index (χ3v) is 4.47. The van der Waals surface area contributed by atoms with Crippen LogP contribution in [0.3, 0.4) is 0 Å². The molecular weight excluding hydrogens is 302 g/mol. The molecule has 0 unspecified atom stereocenters. The smallest absolute Gasteiger partial charge is 0.205 e. The lowest BCUT2D eigenvalue weighted by molar-refractivity contribution is 0.103. The van der Waals surface area contributed by atoms with Gasteiger partial charge in [-0.15, -0.1) is 11.3 Å². The maximum absolute atomic E-state index is 13.7. The third kappa shape index (κ3) is 2.83. The molecule has 0 saturated heterocycles. The molecule has 2 aromatic carbocycles. The maximum atomic E-state index is 13.7. The molecule has 1 heterocycles. The summed E-state index contributed by atoms with van der Waals surface area (Å²) in [7, 11) is 0. The van der Waals surface area contributed by atoms with Crippen LogP contribution in [0.2, 0.25) is 0 Å². The predicted octanol–water partition coefficient (Wildman–Crippen LogP) is 5.23. The van der Waals surface area contributed by atoms with E-state index in [1.165, 1.54) is 17.4 Å².